The molecule has 1 aliphatic rings. The zero-order valence-corrected chi connectivity index (χ0v) is 13.0. The van der Waals surface area contributed by atoms with Gasteiger partial charge in [-0.05, 0) is 56.2 Å². The van der Waals surface area contributed by atoms with Gasteiger partial charge in [0.2, 0.25) is 0 Å². The zero-order valence-electron chi connectivity index (χ0n) is 12.2. The van der Waals surface area contributed by atoms with Crippen LogP contribution in [-0.4, -0.2) is 6.04 Å². The topological polar surface area (TPSA) is 12.0 Å². The summed E-state index contributed by atoms with van der Waals surface area (Å²) in [5.41, 5.74) is 3.06. The average molecular weight is 285 g/mol. The van der Waals surface area contributed by atoms with Gasteiger partial charge in [-0.2, -0.15) is 0 Å². The Labute approximate surface area is 126 Å². The first-order valence-corrected chi connectivity index (χ1v) is 8.50. The maximum absolute atomic E-state index is 3.67. The van der Waals surface area contributed by atoms with Crippen LogP contribution >= 0.6 is 11.3 Å². The lowest BCUT2D eigenvalue weighted by atomic mass is 10.1. The van der Waals surface area contributed by atoms with Crippen LogP contribution in [0.5, 0.6) is 0 Å². The van der Waals surface area contributed by atoms with Crippen LogP contribution in [0.25, 0.3) is 0 Å². The van der Waals surface area contributed by atoms with Crippen molar-refractivity contribution in [1.29, 1.82) is 0 Å². The Bertz CT molecular complexity index is 522. The normalized spacial score (nSPS) is 15.2. The van der Waals surface area contributed by atoms with Gasteiger partial charge in [0.1, 0.15) is 0 Å². The second kappa shape index (κ2) is 6.55. The van der Waals surface area contributed by atoms with Gasteiger partial charge in [-0.3, -0.25) is 0 Å². The van der Waals surface area contributed by atoms with Gasteiger partial charge < -0.3 is 5.32 Å². The summed E-state index contributed by atoms with van der Waals surface area (Å²) in [7, 11) is 0. The summed E-state index contributed by atoms with van der Waals surface area (Å²) >= 11 is 2.02. The molecule has 0 saturated carbocycles. The van der Waals surface area contributed by atoms with Crippen molar-refractivity contribution in [2.75, 3.05) is 0 Å². The molecular weight excluding hydrogens is 262 g/mol. The fourth-order valence-corrected chi connectivity index (χ4v) is 4.09. The molecule has 0 saturated heterocycles. The van der Waals surface area contributed by atoms with Crippen molar-refractivity contribution < 1.29 is 0 Å². The third kappa shape index (κ3) is 3.50. The number of fused-ring (bicyclic) bond motifs is 1. The minimum Gasteiger partial charge on any atom is -0.309 e. The molecule has 0 bridgehead atoms. The van der Waals surface area contributed by atoms with Crippen LogP contribution in [0, 0.1) is 0 Å². The first-order valence-electron chi connectivity index (χ1n) is 7.69. The maximum Gasteiger partial charge on any atom is 0.0302 e. The Hall–Kier alpha value is -1.12. The molecule has 1 atom stereocenters. The minimum absolute atomic E-state index is 0.576. The Morgan fingerprint density at radius 2 is 2.05 bits per heavy atom. The summed E-state index contributed by atoms with van der Waals surface area (Å²) in [4.78, 5) is 3.15. The molecule has 0 aliphatic heterocycles. The van der Waals surface area contributed by atoms with Gasteiger partial charge in [-0.1, -0.05) is 30.3 Å². The molecule has 1 aliphatic carbocycles. The summed E-state index contributed by atoms with van der Waals surface area (Å²) in [6.07, 6.45) is 6.34. The Balaban J connectivity index is 1.43. The highest BCUT2D eigenvalue weighted by Crippen LogP contribution is 2.30. The van der Waals surface area contributed by atoms with Gasteiger partial charge in [0, 0.05) is 22.3 Å². The molecule has 1 heterocycles. The van der Waals surface area contributed by atoms with Crippen LogP contribution in [0.3, 0.4) is 0 Å². The van der Waals surface area contributed by atoms with E-state index in [-0.39, 0.29) is 0 Å². The van der Waals surface area contributed by atoms with Crippen LogP contribution in [0.4, 0.5) is 0 Å². The average Bonchev–Trinajstić information content (AvgIpc) is 3.05. The van der Waals surface area contributed by atoms with Crippen molar-refractivity contribution in [3.05, 3.63) is 57.3 Å². The molecule has 2 heteroatoms. The number of benzene rings is 1. The SMILES string of the molecule is CC(CCc1ccccc1)NCc1cc2c(s1)CCC2. The summed E-state index contributed by atoms with van der Waals surface area (Å²) in [5.74, 6) is 0. The molecule has 0 spiro atoms. The molecule has 1 N–H and O–H groups in total. The van der Waals surface area contributed by atoms with E-state index in [2.05, 4.69) is 48.6 Å². The van der Waals surface area contributed by atoms with Gasteiger partial charge in [0.05, 0.1) is 0 Å². The van der Waals surface area contributed by atoms with Crippen LogP contribution in [0.1, 0.15) is 40.6 Å². The summed E-state index contributed by atoms with van der Waals surface area (Å²) in [6, 6.07) is 13.8. The predicted molar refractivity (Wildman–Crippen MR) is 87.4 cm³/mol. The highest BCUT2D eigenvalue weighted by atomic mass is 32.1. The van der Waals surface area contributed by atoms with Crippen molar-refractivity contribution >= 4 is 11.3 Å². The van der Waals surface area contributed by atoms with E-state index in [1.54, 1.807) is 10.4 Å². The lowest BCUT2D eigenvalue weighted by Crippen LogP contribution is -2.25. The summed E-state index contributed by atoms with van der Waals surface area (Å²) in [6.45, 7) is 3.33. The quantitative estimate of drug-likeness (QED) is 0.832. The van der Waals surface area contributed by atoms with Gasteiger partial charge >= 0.3 is 0 Å². The molecule has 2 aromatic rings. The van der Waals surface area contributed by atoms with Crippen molar-refractivity contribution in [1.82, 2.24) is 5.32 Å². The molecule has 1 aromatic carbocycles. The molecule has 106 valence electrons. The number of hydrogen-bond donors (Lipinski definition) is 1. The first-order chi connectivity index (χ1) is 9.81. The highest BCUT2D eigenvalue weighted by molar-refractivity contribution is 7.12. The Kier molecular flexibility index (Phi) is 4.54. The maximum atomic E-state index is 3.67. The molecule has 1 unspecified atom stereocenters. The fraction of sp³-hybridized carbons (Fsp3) is 0.444. The van der Waals surface area contributed by atoms with E-state index in [9.17, 15) is 0 Å². The third-order valence-corrected chi connectivity index (χ3v) is 5.37. The fourth-order valence-electron chi connectivity index (χ4n) is 2.88. The van der Waals surface area contributed by atoms with Gasteiger partial charge in [0.15, 0.2) is 0 Å². The number of rotatable bonds is 6. The molecule has 0 amide bonds. The van der Waals surface area contributed by atoms with Gasteiger partial charge in [-0.25, -0.2) is 0 Å². The van der Waals surface area contributed by atoms with Crippen LogP contribution in [-0.2, 0) is 25.8 Å². The van der Waals surface area contributed by atoms with Crippen molar-refractivity contribution in [2.24, 2.45) is 0 Å². The number of aryl methyl sites for hydroxylation is 3. The standard InChI is InChI=1S/C18H23NS/c1-14(10-11-15-6-3-2-4-7-15)19-13-17-12-16-8-5-9-18(16)20-17/h2-4,6-7,12,14,19H,5,8-11,13H2,1H3. The molecule has 1 aromatic heterocycles. The molecular formula is C18H23NS. The second-order valence-corrected chi connectivity index (χ2v) is 7.04. The first kappa shape index (κ1) is 13.8. The molecule has 0 fully saturated rings. The summed E-state index contributed by atoms with van der Waals surface area (Å²) in [5, 5.41) is 3.67. The van der Waals surface area contributed by atoms with Crippen molar-refractivity contribution in [2.45, 2.75) is 51.6 Å². The van der Waals surface area contributed by atoms with E-state index in [0.717, 1.165) is 13.0 Å². The van der Waals surface area contributed by atoms with Gasteiger partial charge in [-0.15, -0.1) is 11.3 Å². The zero-order chi connectivity index (χ0) is 13.8. The Morgan fingerprint density at radius 3 is 2.85 bits per heavy atom. The molecule has 3 rings (SSSR count). The monoisotopic (exact) mass is 285 g/mol. The number of nitrogens with one attached hydrogen (secondary N) is 1. The predicted octanol–water partition coefficient (Wildman–Crippen LogP) is 4.35. The van der Waals surface area contributed by atoms with E-state index in [1.165, 1.54) is 36.1 Å². The molecule has 0 radical (unpaired) electrons. The second-order valence-electron chi connectivity index (χ2n) is 5.82. The van der Waals surface area contributed by atoms with E-state index in [0.29, 0.717) is 6.04 Å². The van der Waals surface area contributed by atoms with Gasteiger partial charge in [0.25, 0.3) is 0 Å². The highest BCUT2D eigenvalue weighted by Gasteiger charge is 2.14. The van der Waals surface area contributed by atoms with Crippen LogP contribution in [0.15, 0.2) is 36.4 Å². The number of thiophene rings is 1. The van der Waals surface area contributed by atoms with Crippen molar-refractivity contribution in [3.8, 4) is 0 Å². The molecule has 1 nitrogen and oxygen atoms in total. The van der Waals surface area contributed by atoms with E-state index in [1.807, 2.05) is 11.3 Å². The Morgan fingerprint density at radius 1 is 1.20 bits per heavy atom. The van der Waals surface area contributed by atoms with E-state index in [4.69, 9.17) is 0 Å². The minimum atomic E-state index is 0.576. The van der Waals surface area contributed by atoms with Crippen LogP contribution in [0.2, 0.25) is 0 Å². The number of hydrogen-bond acceptors (Lipinski definition) is 2. The van der Waals surface area contributed by atoms with E-state index >= 15 is 0 Å². The summed E-state index contributed by atoms with van der Waals surface area (Å²) < 4.78 is 0. The van der Waals surface area contributed by atoms with Crippen LogP contribution < -0.4 is 5.32 Å². The largest absolute Gasteiger partial charge is 0.309 e. The third-order valence-electron chi connectivity index (χ3n) is 4.13. The smallest absolute Gasteiger partial charge is 0.0302 e. The van der Waals surface area contributed by atoms with E-state index < -0.39 is 0 Å². The lowest BCUT2D eigenvalue weighted by molar-refractivity contribution is 0.516. The van der Waals surface area contributed by atoms with Crippen molar-refractivity contribution in [3.63, 3.8) is 0 Å². The molecule has 20 heavy (non-hydrogen) atoms. The lowest BCUT2D eigenvalue weighted by Gasteiger charge is -2.13.